The van der Waals surface area contributed by atoms with Crippen molar-refractivity contribution < 1.29 is 18.0 Å². The summed E-state index contributed by atoms with van der Waals surface area (Å²) in [6, 6.07) is 0.814. The number of nitrogens with one attached hydrogen (secondary N) is 2. The first-order chi connectivity index (χ1) is 14.8. The highest BCUT2D eigenvalue weighted by molar-refractivity contribution is 14.0. The Kier molecular flexibility index (Phi) is 9.03. The van der Waals surface area contributed by atoms with E-state index in [-0.39, 0.29) is 55.5 Å². The van der Waals surface area contributed by atoms with Crippen LogP contribution in [0.15, 0.2) is 29.6 Å². The molecule has 2 aromatic rings. The summed E-state index contributed by atoms with van der Waals surface area (Å²) in [5, 5.41) is 9.97. The maximum absolute atomic E-state index is 12.7. The number of nitrogens with zero attached hydrogens (tertiary/aromatic N) is 7. The van der Waals surface area contributed by atoms with Crippen LogP contribution in [0, 0.1) is 0 Å². The number of guanidine groups is 1. The summed E-state index contributed by atoms with van der Waals surface area (Å²) in [6.45, 7) is 4.25. The summed E-state index contributed by atoms with van der Waals surface area (Å²) in [7, 11) is 1.79. The Morgan fingerprint density at radius 3 is 2.72 bits per heavy atom. The summed E-state index contributed by atoms with van der Waals surface area (Å²) in [5.41, 5.74) is -0.258. The third-order valence-electron chi connectivity index (χ3n) is 4.46. The molecule has 0 radical (unpaired) electrons. The number of halogens is 4. The van der Waals surface area contributed by atoms with Crippen molar-refractivity contribution in [2.75, 3.05) is 49.5 Å². The van der Waals surface area contributed by atoms with Crippen LogP contribution in [0.2, 0.25) is 0 Å². The van der Waals surface area contributed by atoms with Crippen LogP contribution in [0.5, 0.6) is 0 Å². The Hall–Kier alpha value is -2.65. The second-order valence-corrected chi connectivity index (χ2v) is 6.76. The predicted octanol–water partition coefficient (Wildman–Crippen LogP) is 1.57. The fourth-order valence-corrected chi connectivity index (χ4v) is 3.03. The largest absolute Gasteiger partial charge is 0.433 e. The van der Waals surface area contributed by atoms with Gasteiger partial charge in [-0.2, -0.15) is 18.3 Å². The molecule has 32 heavy (non-hydrogen) atoms. The molecule has 0 atom stereocenters. The van der Waals surface area contributed by atoms with Gasteiger partial charge in [-0.25, -0.2) is 9.97 Å². The molecule has 0 spiro atoms. The van der Waals surface area contributed by atoms with E-state index in [0.29, 0.717) is 25.6 Å². The van der Waals surface area contributed by atoms with Crippen molar-refractivity contribution in [1.29, 1.82) is 0 Å². The Morgan fingerprint density at radius 2 is 2.09 bits per heavy atom. The van der Waals surface area contributed by atoms with Gasteiger partial charge in [0.15, 0.2) is 5.96 Å². The van der Waals surface area contributed by atoms with Crippen molar-refractivity contribution in [3.05, 3.63) is 30.4 Å². The van der Waals surface area contributed by atoms with Gasteiger partial charge >= 0.3 is 6.18 Å². The molecule has 1 amide bonds. The number of piperazine rings is 1. The van der Waals surface area contributed by atoms with E-state index in [1.54, 1.807) is 29.0 Å². The van der Waals surface area contributed by atoms with Gasteiger partial charge in [0, 0.05) is 45.6 Å². The Morgan fingerprint density at radius 1 is 1.31 bits per heavy atom. The summed E-state index contributed by atoms with van der Waals surface area (Å²) >= 11 is 0. The predicted molar refractivity (Wildman–Crippen MR) is 124 cm³/mol. The first-order valence-corrected chi connectivity index (χ1v) is 9.74. The fraction of sp³-hybridized carbons (Fsp3) is 0.500. The normalized spacial score (nSPS) is 14.9. The molecule has 10 nitrogen and oxygen atoms in total. The minimum absolute atomic E-state index is 0. The van der Waals surface area contributed by atoms with Crippen molar-refractivity contribution in [2.45, 2.75) is 13.1 Å². The number of hydrogen-bond acceptors (Lipinski definition) is 6. The molecule has 0 unspecified atom stereocenters. The van der Waals surface area contributed by atoms with Gasteiger partial charge in [0.05, 0.1) is 18.4 Å². The Bertz CT molecular complexity index is 934. The van der Waals surface area contributed by atoms with Crippen LogP contribution < -0.4 is 15.5 Å². The average Bonchev–Trinajstić information content (AvgIpc) is 3.16. The summed E-state index contributed by atoms with van der Waals surface area (Å²) in [5.74, 6) is 0.379. The number of anilines is 2. The maximum Gasteiger partial charge on any atom is 0.433 e. The number of amides is 1. The molecule has 0 aromatic carbocycles. The molecule has 1 aliphatic rings. The Labute approximate surface area is 200 Å². The molecule has 2 aromatic heterocycles. The van der Waals surface area contributed by atoms with Gasteiger partial charge in [0.2, 0.25) is 11.9 Å². The number of alkyl halides is 3. The quantitative estimate of drug-likeness (QED) is 0.237. The minimum Gasteiger partial charge on any atom is -0.357 e. The van der Waals surface area contributed by atoms with E-state index >= 15 is 0 Å². The van der Waals surface area contributed by atoms with E-state index in [1.165, 1.54) is 0 Å². The number of aromatic nitrogens is 4. The third-order valence-corrected chi connectivity index (χ3v) is 4.46. The van der Waals surface area contributed by atoms with Gasteiger partial charge in [-0.05, 0) is 13.0 Å². The number of aliphatic imine (C=N–C) groups is 1. The first-order valence-electron chi connectivity index (χ1n) is 9.74. The second kappa shape index (κ2) is 11.3. The molecule has 1 saturated heterocycles. The molecule has 1 fully saturated rings. The molecule has 3 heterocycles. The van der Waals surface area contributed by atoms with Gasteiger partial charge in [-0.3, -0.25) is 14.5 Å². The van der Waals surface area contributed by atoms with E-state index < -0.39 is 11.9 Å². The molecule has 176 valence electrons. The van der Waals surface area contributed by atoms with Gasteiger partial charge in [-0.1, -0.05) is 0 Å². The first kappa shape index (κ1) is 25.6. The standard InChI is InChI=1S/C18H24F3N9O.HI/c1-3-22-17(25-7-6-24-16-23-5-4-14(27-16)18(19,20)21)29-8-9-30(15(31)12-29)13-10-26-28(2)11-13;/h4-5,10-11H,3,6-9,12H2,1-2H3,(H,22,25)(H,23,24,27);1H. The summed E-state index contributed by atoms with van der Waals surface area (Å²) < 4.78 is 39.8. The smallest absolute Gasteiger partial charge is 0.357 e. The highest BCUT2D eigenvalue weighted by atomic mass is 127. The van der Waals surface area contributed by atoms with Crippen molar-refractivity contribution in [1.82, 2.24) is 30.0 Å². The van der Waals surface area contributed by atoms with Crippen LogP contribution in [-0.4, -0.2) is 75.8 Å². The van der Waals surface area contributed by atoms with Crippen molar-refractivity contribution in [3.8, 4) is 0 Å². The highest BCUT2D eigenvalue weighted by Crippen LogP contribution is 2.27. The molecular formula is C18H25F3IN9O. The summed E-state index contributed by atoms with van der Waals surface area (Å²) in [6.07, 6.45) is -0.0399. The van der Waals surface area contributed by atoms with E-state index in [9.17, 15) is 18.0 Å². The highest BCUT2D eigenvalue weighted by Gasteiger charge is 2.32. The number of aryl methyl sites for hydroxylation is 1. The lowest BCUT2D eigenvalue weighted by Gasteiger charge is -2.35. The van der Waals surface area contributed by atoms with Crippen LogP contribution in [0.25, 0.3) is 0 Å². The van der Waals surface area contributed by atoms with Crippen LogP contribution in [0.4, 0.5) is 24.8 Å². The lowest BCUT2D eigenvalue weighted by Crippen LogP contribution is -2.55. The van der Waals surface area contributed by atoms with Gasteiger partial charge in [0.25, 0.3) is 0 Å². The molecule has 0 saturated carbocycles. The van der Waals surface area contributed by atoms with Crippen molar-refractivity contribution in [3.63, 3.8) is 0 Å². The summed E-state index contributed by atoms with van der Waals surface area (Å²) in [4.78, 5) is 27.8. The third kappa shape index (κ3) is 6.67. The van der Waals surface area contributed by atoms with Crippen molar-refractivity contribution >= 4 is 47.5 Å². The van der Waals surface area contributed by atoms with E-state index in [1.807, 2.05) is 11.8 Å². The number of carbonyl (C=O) groups excluding carboxylic acids is 1. The second-order valence-electron chi connectivity index (χ2n) is 6.76. The van der Waals surface area contributed by atoms with Crippen molar-refractivity contribution in [2.24, 2.45) is 12.0 Å². The number of hydrogen-bond donors (Lipinski definition) is 2. The van der Waals surface area contributed by atoms with E-state index in [4.69, 9.17) is 0 Å². The van der Waals surface area contributed by atoms with E-state index in [0.717, 1.165) is 18.0 Å². The lowest BCUT2D eigenvalue weighted by atomic mass is 10.3. The van der Waals surface area contributed by atoms with Crippen LogP contribution in [-0.2, 0) is 18.0 Å². The molecule has 0 aliphatic carbocycles. The number of rotatable bonds is 6. The van der Waals surface area contributed by atoms with Crippen LogP contribution in [0.1, 0.15) is 12.6 Å². The minimum atomic E-state index is -4.53. The van der Waals surface area contributed by atoms with E-state index in [2.05, 4.69) is 30.7 Å². The average molecular weight is 567 g/mol. The van der Waals surface area contributed by atoms with Crippen LogP contribution >= 0.6 is 24.0 Å². The zero-order valence-electron chi connectivity index (χ0n) is 17.6. The monoisotopic (exact) mass is 567 g/mol. The molecule has 3 rings (SSSR count). The molecule has 0 bridgehead atoms. The molecular weight excluding hydrogens is 542 g/mol. The zero-order chi connectivity index (χ0) is 22.4. The Balaban J connectivity index is 0.00000363. The van der Waals surface area contributed by atoms with Crippen LogP contribution in [0.3, 0.4) is 0 Å². The lowest BCUT2D eigenvalue weighted by molar-refractivity contribution is -0.141. The number of carbonyl (C=O) groups is 1. The SMILES string of the molecule is CCNC(=NCCNc1nccc(C(F)(F)F)n1)N1CCN(c2cnn(C)c2)C(=O)C1.I. The topological polar surface area (TPSA) is 104 Å². The molecule has 14 heteroatoms. The van der Waals surface area contributed by atoms with Gasteiger partial charge in [0.1, 0.15) is 12.2 Å². The molecule has 1 aliphatic heterocycles. The maximum atomic E-state index is 12.7. The van der Waals surface area contributed by atoms with Gasteiger partial charge in [-0.15, -0.1) is 24.0 Å². The zero-order valence-corrected chi connectivity index (χ0v) is 20.0. The fourth-order valence-electron chi connectivity index (χ4n) is 3.03. The van der Waals surface area contributed by atoms with Gasteiger partial charge < -0.3 is 20.4 Å². The molecule has 2 N–H and O–H groups in total.